The maximum absolute atomic E-state index is 3.28. The van der Waals surface area contributed by atoms with Gasteiger partial charge in [-0.3, -0.25) is 5.32 Å². The molecule has 0 aromatic heterocycles. The van der Waals surface area contributed by atoms with Gasteiger partial charge in [0.1, 0.15) is 6.67 Å². The van der Waals surface area contributed by atoms with Gasteiger partial charge in [0.25, 0.3) is 0 Å². The molecule has 0 saturated carbocycles. The van der Waals surface area contributed by atoms with E-state index in [1.165, 1.54) is 13.1 Å². The third-order valence-corrected chi connectivity index (χ3v) is 1.43. The predicted octanol–water partition coefficient (Wildman–Crippen LogP) is -0.553. The van der Waals surface area contributed by atoms with E-state index >= 15 is 0 Å². The Hall–Kier alpha value is -0.120. The molecule has 0 atom stereocenters. The van der Waals surface area contributed by atoms with E-state index in [-0.39, 0.29) is 5.48 Å². The Morgan fingerprint density at radius 2 is 2.00 bits per heavy atom. The van der Waals surface area contributed by atoms with E-state index in [9.17, 15) is 0 Å². The highest BCUT2D eigenvalue weighted by atomic mass is 16.0. The number of quaternary nitrogens is 1. The average Bonchev–Trinajstić information content (AvgIpc) is 1.84. The maximum atomic E-state index is 3.28. The number of hydrogen-bond acceptors (Lipinski definition) is 2. The quantitative estimate of drug-likeness (QED) is 0.433. The van der Waals surface area contributed by atoms with Crippen LogP contribution in [0.25, 0.3) is 0 Å². The molecule has 2 N–H and O–H groups in total. The molecular weight excluding hydrogens is 104 g/mol. The Morgan fingerprint density at radius 1 is 1.38 bits per heavy atom. The molecule has 8 heavy (non-hydrogen) atoms. The van der Waals surface area contributed by atoms with E-state index in [2.05, 4.69) is 19.4 Å². The third kappa shape index (κ3) is 1.78. The van der Waals surface area contributed by atoms with E-state index < -0.39 is 0 Å². The van der Waals surface area contributed by atoms with Gasteiger partial charge in [-0.25, -0.2) is 0 Å². The largest absolute Gasteiger partial charge is 0.870 e. The SMILES string of the molecule is C[N+]1(C)CCNC1.[OH-]. The molecule has 3 heteroatoms. The van der Waals surface area contributed by atoms with E-state index in [1.54, 1.807) is 0 Å². The lowest BCUT2D eigenvalue weighted by Crippen LogP contribution is -2.37. The lowest BCUT2D eigenvalue weighted by molar-refractivity contribution is -0.878. The van der Waals surface area contributed by atoms with Crippen molar-refractivity contribution in [3.63, 3.8) is 0 Å². The second-order valence-electron chi connectivity index (χ2n) is 2.82. The van der Waals surface area contributed by atoms with Gasteiger partial charge >= 0.3 is 0 Å². The minimum atomic E-state index is 0. The molecule has 0 radical (unpaired) electrons. The summed E-state index contributed by atoms with van der Waals surface area (Å²) >= 11 is 0. The first-order valence-electron chi connectivity index (χ1n) is 2.73. The monoisotopic (exact) mass is 118 g/mol. The second kappa shape index (κ2) is 2.44. The minimum absolute atomic E-state index is 0. The predicted molar refractivity (Wildman–Crippen MR) is 31.8 cm³/mol. The molecule has 0 unspecified atom stereocenters. The molecular formula is C5H14N2O. The Bertz CT molecular complexity index is 64.8. The molecule has 50 valence electrons. The summed E-state index contributed by atoms with van der Waals surface area (Å²) in [6, 6.07) is 0. The van der Waals surface area contributed by atoms with E-state index in [0.29, 0.717) is 0 Å². The van der Waals surface area contributed by atoms with E-state index in [4.69, 9.17) is 0 Å². The maximum Gasteiger partial charge on any atom is 0.132 e. The Morgan fingerprint density at radius 3 is 2.12 bits per heavy atom. The van der Waals surface area contributed by atoms with Gasteiger partial charge in [0.15, 0.2) is 0 Å². The van der Waals surface area contributed by atoms with Crippen molar-refractivity contribution in [2.24, 2.45) is 0 Å². The van der Waals surface area contributed by atoms with Crippen molar-refractivity contribution in [3.8, 4) is 0 Å². The summed E-state index contributed by atoms with van der Waals surface area (Å²) < 4.78 is 1.14. The zero-order valence-corrected chi connectivity index (χ0v) is 5.52. The smallest absolute Gasteiger partial charge is 0.132 e. The highest BCUT2D eigenvalue weighted by Crippen LogP contribution is 1.97. The zero-order chi connectivity index (χ0) is 5.33. The molecule has 1 fully saturated rings. The van der Waals surface area contributed by atoms with Gasteiger partial charge in [-0.2, -0.15) is 0 Å². The van der Waals surface area contributed by atoms with Crippen LogP contribution in [0.15, 0.2) is 0 Å². The number of hydrogen-bond donors (Lipinski definition) is 1. The molecule has 0 aromatic rings. The summed E-state index contributed by atoms with van der Waals surface area (Å²) in [6.07, 6.45) is 0. The standard InChI is InChI=1S/C5H13N2.H2O/c1-7(2)4-3-6-5-7;/h6H,3-5H2,1-2H3;1H2/q+1;/p-1. The Kier molecular flexibility index (Phi) is 2.40. The molecule has 1 saturated heterocycles. The van der Waals surface area contributed by atoms with Crippen LogP contribution < -0.4 is 5.32 Å². The van der Waals surface area contributed by atoms with Gasteiger partial charge < -0.3 is 9.96 Å². The number of rotatable bonds is 0. The van der Waals surface area contributed by atoms with Crippen molar-refractivity contribution in [1.29, 1.82) is 0 Å². The second-order valence-corrected chi connectivity index (χ2v) is 2.82. The summed E-state index contributed by atoms with van der Waals surface area (Å²) in [4.78, 5) is 0. The van der Waals surface area contributed by atoms with Crippen molar-refractivity contribution in [2.75, 3.05) is 33.9 Å². The summed E-state index contributed by atoms with van der Waals surface area (Å²) in [7, 11) is 4.47. The van der Waals surface area contributed by atoms with E-state index in [1.807, 2.05) is 0 Å². The number of nitrogens with one attached hydrogen (secondary N) is 1. The topological polar surface area (TPSA) is 42.0 Å². The van der Waals surface area contributed by atoms with Crippen LogP contribution in [0.3, 0.4) is 0 Å². The minimum Gasteiger partial charge on any atom is -0.870 e. The van der Waals surface area contributed by atoms with Gasteiger partial charge in [0.05, 0.1) is 20.6 Å². The van der Waals surface area contributed by atoms with Gasteiger partial charge in [-0.05, 0) is 0 Å². The van der Waals surface area contributed by atoms with Gasteiger partial charge in [0.2, 0.25) is 0 Å². The van der Waals surface area contributed by atoms with Crippen LogP contribution in [0.4, 0.5) is 0 Å². The molecule has 1 aliphatic rings. The molecule has 0 aliphatic carbocycles. The van der Waals surface area contributed by atoms with E-state index in [0.717, 1.165) is 11.2 Å². The van der Waals surface area contributed by atoms with Crippen molar-refractivity contribution in [1.82, 2.24) is 5.32 Å². The normalized spacial score (nSPS) is 24.8. The molecule has 3 nitrogen and oxygen atoms in total. The first-order chi connectivity index (χ1) is 3.21. The van der Waals surface area contributed by atoms with Crippen molar-refractivity contribution >= 4 is 0 Å². The lowest BCUT2D eigenvalue weighted by atomic mass is 10.6. The van der Waals surface area contributed by atoms with Crippen molar-refractivity contribution < 1.29 is 9.96 Å². The molecule has 0 bridgehead atoms. The molecule has 1 rings (SSSR count). The third-order valence-electron chi connectivity index (χ3n) is 1.43. The molecule has 0 aromatic carbocycles. The summed E-state index contributed by atoms with van der Waals surface area (Å²) in [5, 5.41) is 3.28. The molecule has 0 spiro atoms. The first-order valence-corrected chi connectivity index (χ1v) is 2.73. The fourth-order valence-electron chi connectivity index (χ4n) is 0.842. The lowest BCUT2D eigenvalue weighted by Gasteiger charge is -2.20. The van der Waals surface area contributed by atoms with Crippen LogP contribution in [-0.4, -0.2) is 43.8 Å². The van der Waals surface area contributed by atoms with Crippen LogP contribution in [0.5, 0.6) is 0 Å². The average molecular weight is 118 g/mol. The zero-order valence-electron chi connectivity index (χ0n) is 5.52. The molecule has 0 amide bonds. The van der Waals surface area contributed by atoms with Crippen LogP contribution in [0.1, 0.15) is 0 Å². The molecule has 1 aliphatic heterocycles. The van der Waals surface area contributed by atoms with Crippen LogP contribution >= 0.6 is 0 Å². The van der Waals surface area contributed by atoms with Crippen LogP contribution in [0, 0.1) is 0 Å². The highest BCUT2D eigenvalue weighted by Gasteiger charge is 2.19. The number of nitrogens with zero attached hydrogens (tertiary/aromatic N) is 1. The molecule has 1 heterocycles. The summed E-state index contributed by atoms with van der Waals surface area (Å²) in [5.74, 6) is 0. The van der Waals surface area contributed by atoms with Crippen LogP contribution in [-0.2, 0) is 0 Å². The fraction of sp³-hybridized carbons (Fsp3) is 1.00. The van der Waals surface area contributed by atoms with Crippen molar-refractivity contribution in [2.45, 2.75) is 0 Å². The Labute approximate surface area is 50.2 Å². The fourth-order valence-corrected chi connectivity index (χ4v) is 0.842. The van der Waals surface area contributed by atoms with Gasteiger partial charge in [-0.1, -0.05) is 0 Å². The first kappa shape index (κ1) is 7.88. The summed E-state index contributed by atoms with van der Waals surface area (Å²) in [6.45, 7) is 3.60. The summed E-state index contributed by atoms with van der Waals surface area (Å²) in [5.41, 5.74) is 0. The Balaban J connectivity index is 0.000000490. The van der Waals surface area contributed by atoms with Gasteiger partial charge in [0, 0.05) is 6.54 Å². The van der Waals surface area contributed by atoms with Crippen molar-refractivity contribution in [3.05, 3.63) is 0 Å². The van der Waals surface area contributed by atoms with Crippen LogP contribution in [0.2, 0.25) is 0 Å². The number of likely N-dealkylation sites (N-methyl/N-ethyl adjacent to an activating group) is 1. The highest BCUT2D eigenvalue weighted by molar-refractivity contribution is 4.46. The van der Waals surface area contributed by atoms with Gasteiger partial charge in [-0.15, -0.1) is 0 Å².